The Morgan fingerprint density at radius 1 is 1.06 bits per heavy atom. The Labute approximate surface area is 195 Å². The number of ketones is 1. The van der Waals surface area contributed by atoms with Crippen LogP contribution in [0.2, 0.25) is 5.02 Å². The van der Waals surface area contributed by atoms with Crippen molar-refractivity contribution in [3.8, 4) is 0 Å². The minimum atomic E-state index is -0.441. The van der Waals surface area contributed by atoms with Gasteiger partial charge in [0.25, 0.3) is 0 Å². The first-order valence-electron chi connectivity index (χ1n) is 10.6. The minimum Gasteiger partial charge on any atom is -0.325 e. The number of carbonyl (C=O) groups excluding carboxylic acids is 2. The third-order valence-electron chi connectivity index (χ3n) is 5.34. The van der Waals surface area contributed by atoms with Crippen LogP contribution in [0.4, 0.5) is 5.69 Å². The molecule has 0 spiro atoms. The fourth-order valence-corrected chi connectivity index (χ4v) is 3.75. The molecule has 1 N–H and O–H groups in total. The van der Waals surface area contributed by atoms with Crippen molar-refractivity contribution in [3.63, 3.8) is 0 Å². The molecule has 166 valence electrons. The quantitative estimate of drug-likeness (QED) is 0.420. The van der Waals surface area contributed by atoms with E-state index in [1.807, 2.05) is 31.2 Å². The van der Waals surface area contributed by atoms with E-state index in [-0.39, 0.29) is 23.4 Å². The zero-order valence-corrected chi connectivity index (χ0v) is 19.0. The van der Waals surface area contributed by atoms with Gasteiger partial charge in [0.2, 0.25) is 11.3 Å². The van der Waals surface area contributed by atoms with Crippen molar-refractivity contribution in [2.24, 2.45) is 0 Å². The van der Waals surface area contributed by atoms with Crippen LogP contribution in [-0.4, -0.2) is 21.2 Å². The topological polar surface area (TPSA) is 81.1 Å². The van der Waals surface area contributed by atoms with Gasteiger partial charge in [0.15, 0.2) is 5.78 Å². The number of benzene rings is 2. The van der Waals surface area contributed by atoms with Crippen molar-refractivity contribution < 1.29 is 9.59 Å². The number of nitrogens with one attached hydrogen (secondary N) is 1. The van der Waals surface area contributed by atoms with Crippen LogP contribution in [0.1, 0.15) is 34.1 Å². The zero-order valence-electron chi connectivity index (χ0n) is 18.3. The van der Waals surface area contributed by atoms with Crippen molar-refractivity contribution in [2.75, 3.05) is 5.32 Å². The Morgan fingerprint density at radius 2 is 1.82 bits per heavy atom. The summed E-state index contributed by atoms with van der Waals surface area (Å²) < 4.78 is 1.55. The maximum Gasteiger partial charge on any atom is 0.244 e. The van der Waals surface area contributed by atoms with Crippen molar-refractivity contribution in [1.29, 1.82) is 0 Å². The molecule has 0 unspecified atom stereocenters. The van der Waals surface area contributed by atoms with Crippen LogP contribution in [-0.2, 0) is 17.8 Å². The highest BCUT2D eigenvalue weighted by Crippen LogP contribution is 2.17. The number of aromatic nitrogens is 2. The van der Waals surface area contributed by atoms with Gasteiger partial charge in [0.05, 0.1) is 10.9 Å². The molecule has 0 aliphatic rings. The highest BCUT2D eigenvalue weighted by Gasteiger charge is 2.19. The van der Waals surface area contributed by atoms with Gasteiger partial charge in [0, 0.05) is 28.2 Å². The van der Waals surface area contributed by atoms with Gasteiger partial charge in [0.1, 0.15) is 12.2 Å². The Bertz CT molecular complexity index is 1430. The van der Waals surface area contributed by atoms with Gasteiger partial charge >= 0.3 is 0 Å². The number of anilines is 1. The van der Waals surface area contributed by atoms with E-state index < -0.39 is 11.2 Å². The average Bonchev–Trinajstić information content (AvgIpc) is 2.81. The number of amides is 1. The fourth-order valence-electron chi connectivity index (χ4n) is 3.62. The summed E-state index contributed by atoms with van der Waals surface area (Å²) in [6.07, 6.45) is 2.27. The number of aryl methyl sites for hydroxylation is 2. The van der Waals surface area contributed by atoms with Gasteiger partial charge in [-0.05, 0) is 67.4 Å². The van der Waals surface area contributed by atoms with E-state index in [1.54, 1.807) is 47.9 Å². The maximum absolute atomic E-state index is 13.1. The van der Waals surface area contributed by atoms with E-state index in [0.717, 1.165) is 12.0 Å². The van der Waals surface area contributed by atoms with Gasteiger partial charge in [-0.25, -0.2) is 4.98 Å². The monoisotopic (exact) mass is 459 g/mol. The minimum absolute atomic E-state index is 0.0312. The van der Waals surface area contributed by atoms with E-state index in [4.69, 9.17) is 11.6 Å². The van der Waals surface area contributed by atoms with Crippen LogP contribution in [0.15, 0.2) is 71.7 Å². The number of halogens is 1. The molecular formula is C26H22ClN3O3. The van der Waals surface area contributed by atoms with E-state index in [0.29, 0.717) is 27.6 Å². The molecule has 4 rings (SSSR count). The largest absolute Gasteiger partial charge is 0.325 e. The first-order chi connectivity index (χ1) is 15.9. The standard InChI is InChI=1S/C26H22ClN3O3/c1-3-17-5-4-6-20(13-17)29-23(31)15-30-14-22(24(32)18-8-10-19(27)11-9-18)25(33)21-12-7-16(2)28-26(21)30/h4-14H,3,15H2,1-2H3,(H,29,31). The fraction of sp³-hybridized carbons (Fsp3) is 0.154. The molecular weight excluding hydrogens is 438 g/mol. The smallest absolute Gasteiger partial charge is 0.244 e. The Balaban J connectivity index is 1.74. The molecule has 0 saturated heterocycles. The lowest BCUT2D eigenvalue weighted by atomic mass is 10.0. The summed E-state index contributed by atoms with van der Waals surface area (Å²) in [4.78, 5) is 43.5. The molecule has 0 aliphatic carbocycles. The molecule has 1 amide bonds. The van der Waals surface area contributed by atoms with Crippen molar-refractivity contribution >= 4 is 40.0 Å². The van der Waals surface area contributed by atoms with Crippen molar-refractivity contribution in [3.05, 3.63) is 104 Å². The van der Waals surface area contributed by atoms with E-state index in [1.165, 1.54) is 6.20 Å². The summed E-state index contributed by atoms with van der Waals surface area (Å²) in [6, 6.07) is 17.3. The lowest BCUT2D eigenvalue weighted by Crippen LogP contribution is -2.25. The first kappa shape index (κ1) is 22.4. The van der Waals surface area contributed by atoms with Gasteiger partial charge in [-0.3, -0.25) is 14.4 Å². The second-order valence-electron chi connectivity index (χ2n) is 7.76. The molecule has 7 heteroatoms. The molecule has 33 heavy (non-hydrogen) atoms. The normalized spacial score (nSPS) is 10.9. The first-order valence-corrected chi connectivity index (χ1v) is 10.9. The van der Waals surface area contributed by atoms with Crippen LogP contribution in [0.5, 0.6) is 0 Å². The van der Waals surface area contributed by atoms with Crippen LogP contribution >= 0.6 is 11.6 Å². The molecule has 0 saturated carbocycles. The van der Waals surface area contributed by atoms with E-state index >= 15 is 0 Å². The summed E-state index contributed by atoms with van der Waals surface area (Å²) in [5, 5.41) is 3.65. The number of nitrogens with zero attached hydrogens (tertiary/aromatic N) is 2. The van der Waals surface area contributed by atoms with Crippen LogP contribution < -0.4 is 10.7 Å². The summed E-state index contributed by atoms with van der Waals surface area (Å²) in [5.74, 6) is -0.731. The molecule has 0 bridgehead atoms. The van der Waals surface area contributed by atoms with Crippen molar-refractivity contribution in [1.82, 2.24) is 9.55 Å². The van der Waals surface area contributed by atoms with Crippen LogP contribution in [0, 0.1) is 6.92 Å². The van der Waals surface area contributed by atoms with E-state index in [9.17, 15) is 14.4 Å². The van der Waals surface area contributed by atoms with E-state index in [2.05, 4.69) is 10.3 Å². The molecule has 0 fully saturated rings. The van der Waals surface area contributed by atoms with Gasteiger partial charge < -0.3 is 9.88 Å². The molecule has 0 aliphatic heterocycles. The molecule has 6 nitrogen and oxygen atoms in total. The zero-order chi connectivity index (χ0) is 23.5. The lowest BCUT2D eigenvalue weighted by molar-refractivity contribution is -0.116. The summed E-state index contributed by atoms with van der Waals surface area (Å²) >= 11 is 5.92. The number of hydrogen-bond acceptors (Lipinski definition) is 4. The molecule has 0 atom stereocenters. The predicted molar refractivity (Wildman–Crippen MR) is 130 cm³/mol. The number of hydrogen-bond donors (Lipinski definition) is 1. The highest BCUT2D eigenvalue weighted by atomic mass is 35.5. The summed E-state index contributed by atoms with van der Waals surface area (Å²) in [7, 11) is 0. The van der Waals surface area contributed by atoms with Crippen LogP contribution in [0.25, 0.3) is 11.0 Å². The molecule has 0 radical (unpaired) electrons. The Kier molecular flexibility index (Phi) is 6.38. The third-order valence-corrected chi connectivity index (χ3v) is 5.60. The molecule has 2 aromatic carbocycles. The average molecular weight is 460 g/mol. The van der Waals surface area contributed by atoms with Gasteiger partial charge in [-0.2, -0.15) is 0 Å². The number of rotatable bonds is 6. The number of fused-ring (bicyclic) bond motifs is 1. The second kappa shape index (κ2) is 9.38. The van der Waals surface area contributed by atoms with Gasteiger partial charge in [-0.15, -0.1) is 0 Å². The maximum atomic E-state index is 13.1. The predicted octanol–water partition coefficient (Wildman–Crippen LogP) is 4.79. The number of pyridine rings is 2. The van der Waals surface area contributed by atoms with Crippen LogP contribution in [0.3, 0.4) is 0 Å². The SMILES string of the molecule is CCc1cccc(NC(=O)Cn2cc(C(=O)c3ccc(Cl)cc3)c(=O)c3ccc(C)nc32)c1. The summed E-state index contributed by atoms with van der Waals surface area (Å²) in [6.45, 7) is 3.74. The summed E-state index contributed by atoms with van der Waals surface area (Å²) in [5.41, 5.74) is 2.72. The lowest BCUT2D eigenvalue weighted by Gasteiger charge is -2.13. The van der Waals surface area contributed by atoms with Gasteiger partial charge in [-0.1, -0.05) is 30.7 Å². The van der Waals surface area contributed by atoms with Crippen molar-refractivity contribution in [2.45, 2.75) is 26.8 Å². The molecule has 2 heterocycles. The molecule has 4 aromatic rings. The molecule has 2 aromatic heterocycles. The number of carbonyl (C=O) groups is 2. The second-order valence-corrected chi connectivity index (χ2v) is 8.20. The third kappa shape index (κ3) is 4.86. The Hall–Kier alpha value is -3.77. The highest BCUT2D eigenvalue weighted by molar-refractivity contribution is 6.30. The Morgan fingerprint density at radius 3 is 2.55 bits per heavy atom.